The molecule has 2 saturated heterocycles. The zero-order valence-corrected chi connectivity index (χ0v) is 25.7. The van der Waals surface area contributed by atoms with E-state index in [4.69, 9.17) is 0 Å². The Kier molecular flexibility index (Phi) is 7.96. The zero-order valence-electron chi connectivity index (χ0n) is 24.7. The summed E-state index contributed by atoms with van der Waals surface area (Å²) in [5.41, 5.74) is 1.29. The molecule has 2 aromatic rings. The number of hydrogen-bond acceptors (Lipinski definition) is 2. The van der Waals surface area contributed by atoms with Gasteiger partial charge in [0, 0.05) is 49.3 Å². The topological polar surface area (TPSA) is 43.6 Å². The van der Waals surface area contributed by atoms with Gasteiger partial charge in [-0.3, -0.25) is 0 Å². The molecule has 3 aliphatic heterocycles. The van der Waals surface area contributed by atoms with Gasteiger partial charge >= 0.3 is 5.97 Å². The molecular weight excluding hydrogens is 572 g/mol. The molecule has 2 aromatic carbocycles. The third-order valence-electron chi connectivity index (χ3n) is 9.57. The Hall–Kier alpha value is -3.46. The van der Waals surface area contributed by atoms with Crippen LogP contribution in [0.3, 0.4) is 0 Å². The van der Waals surface area contributed by atoms with Crippen molar-refractivity contribution in [1.29, 1.82) is 0 Å². The third-order valence-corrected chi connectivity index (χ3v) is 13.1. The summed E-state index contributed by atoms with van der Waals surface area (Å²) in [5, 5.41) is 11.9. The first kappa shape index (κ1) is 29.6. The van der Waals surface area contributed by atoms with Gasteiger partial charge in [-0.25, -0.2) is 26.9 Å². The fourth-order valence-corrected chi connectivity index (χ4v) is 10.3. The van der Waals surface area contributed by atoms with Gasteiger partial charge in [-0.2, -0.15) is 0 Å². The molecule has 0 spiro atoms. The largest absolute Gasteiger partial charge is 0.478 e. The van der Waals surface area contributed by atoms with Crippen molar-refractivity contribution in [3.8, 4) is 0 Å². The molecule has 43 heavy (non-hydrogen) atoms. The molecule has 4 aliphatic rings. The molecule has 226 valence electrons. The van der Waals surface area contributed by atoms with Crippen LogP contribution in [0.15, 0.2) is 47.2 Å². The number of fused-ring (bicyclic) bond motifs is 2. The minimum Gasteiger partial charge on any atom is -0.478 e. The van der Waals surface area contributed by atoms with Crippen LogP contribution < -0.4 is 10.1 Å². The van der Waals surface area contributed by atoms with Crippen molar-refractivity contribution in [3.05, 3.63) is 87.2 Å². The lowest BCUT2D eigenvalue weighted by Gasteiger charge is -2.38. The number of allylic oxidation sites excluding steroid dienone is 5. The second-order valence-electron chi connectivity index (χ2n) is 12.6. The van der Waals surface area contributed by atoms with Crippen LogP contribution in [0.25, 0.3) is 5.57 Å². The van der Waals surface area contributed by atoms with E-state index in [1.54, 1.807) is 0 Å². The SMILES string of the molecule is C[Si]1(C)C2=CC(=[N+]3CCCCCC3)C=CC2=C(c2c(F)c(F)c(F)c(F)c2C(=O)O)c2ccc(N3CCCCCC3)cc21. The molecule has 9 heteroatoms. The number of rotatable bonds is 3. The first-order chi connectivity index (χ1) is 20.6. The van der Waals surface area contributed by atoms with Gasteiger partial charge in [0.25, 0.3) is 0 Å². The highest BCUT2D eigenvalue weighted by atomic mass is 28.3. The van der Waals surface area contributed by atoms with Gasteiger partial charge in [-0.1, -0.05) is 32.0 Å². The van der Waals surface area contributed by atoms with Crippen LogP contribution in [-0.2, 0) is 0 Å². The molecule has 0 amide bonds. The van der Waals surface area contributed by atoms with Gasteiger partial charge in [0.05, 0.1) is 0 Å². The van der Waals surface area contributed by atoms with Crippen molar-refractivity contribution in [2.75, 3.05) is 31.1 Å². The Morgan fingerprint density at radius 3 is 2.12 bits per heavy atom. The van der Waals surface area contributed by atoms with Gasteiger partial charge in [0.2, 0.25) is 0 Å². The summed E-state index contributed by atoms with van der Waals surface area (Å²) >= 11 is 0. The van der Waals surface area contributed by atoms with Gasteiger partial charge in [0.1, 0.15) is 26.7 Å². The van der Waals surface area contributed by atoms with E-state index in [0.29, 0.717) is 11.1 Å². The summed E-state index contributed by atoms with van der Waals surface area (Å²) in [5.74, 6) is -9.60. The quantitative estimate of drug-likeness (QED) is 0.133. The molecule has 0 unspecified atom stereocenters. The van der Waals surface area contributed by atoms with Crippen LogP contribution in [0, 0.1) is 23.3 Å². The first-order valence-electron chi connectivity index (χ1n) is 15.4. The van der Waals surface area contributed by atoms with Crippen LogP contribution in [0.1, 0.15) is 72.9 Å². The van der Waals surface area contributed by atoms with E-state index in [1.807, 2.05) is 24.3 Å². The van der Waals surface area contributed by atoms with E-state index in [0.717, 1.165) is 73.6 Å². The summed E-state index contributed by atoms with van der Waals surface area (Å²) in [7, 11) is -2.53. The fourth-order valence-electron chi connectivity index (χ4n) is 7.21. The summed E-state index contributed by atoms with van der Waals surface area (Å²) in [6, 6.07) is 5.87. The standard InChI is InChI=1S/C34H36F4N2O2Si/c1-43(2)25-19-21(39-15-7-3-4-8-16-39)11-13-23(25)27(28-29(34(41)42)31(36)33(38)32(37)30(28)35)24-14-12-22(20-26(24)43)40-17-9-5-6-10-18-40/h11-14,19-20H,3-10,15-18H2,1-2H3/p+1. The summed E-state index contributed by atoms with van der Waals surface area (Å²) in [4.78, 5) is 14.7. The lowest BCUT2D eigenvalue weighted by molar-refractivity contribution is -0.524. The van der Waals surface area contributed by atoms with Gasteiger partial charge < -0.3 is 10.0 Å². The molecule has 6 rings (SSSR count). The fraction of sp³-hybridized carbons (Fsp3) is 0.412. The molecule has 1 aliphatic carbocycles. The maximum atomic E-state index is 15.8. The molecular formula is C34H37F4N2O2Si+. The highest BCUT2D eigenvalue weighted by Gasteiger charge is 2.43. The predicted molar refractivity (Wildman–Crippen MR) is 164 cm³/mol. The number of carboxylic acids is 1. The van der Waals surface area contributed by atoms with E-state index in [2.05, 4.69) is 34.7 Å². The number of benzene rings is 2. The Bertz CT molecular complexity index is 1620. The molecule has 0 radical (unpaired) electrons. The second-order valence-corrected chi connectivity index (χ2v) is 16.9. The number of hydrogen-bond donors (Lipinski definition) is 1. The van der Waals surface area contributed by atoms with Crippen molar-refractivity contribution in [1.82, 2.24) is 0 Å². The van der Waals surface area contributed by atoms with E-state index in [1.165, 1.54) is 25.7 Å². The minimum atomic E-state index is -2.53. The molecule has 0 atom stereocenters. The van der Waals surface area contributed by atoms with Crippen molar-refractivity contribution in [2.24, 2.45) is 0 Å². The van der Waals surface area contributed by atoms with Crippen LogP contribution in [0.2, 0.25) is 13.1 Å². The lowest BCUT2D eigenvalue weighted by Crippen LogP contribution is -2.50. The molecule has 3 heterocycles. The van der Waals surface area contributed by atoms with Gasteiger partial charge in [0.15, 0.2) is 29.0 Å². The average Bonchev–Trinajstić information content (AvgIpc) is 3.44. The van der Waals surface area contributed by atoms with E-state index < -0.39 is 48.4 Å². The number of nitrogens with zero attached hydrogens (tertiary/aromatic N) is 2. The van der Waals surface area contributed by atoms with Crippen molar-refractivity contribution in [2.45, 2.75) is 64.5 Å². The maximum absolute atomic E-state index is 15.8. The number of anilines is 1. The Morgan fingerprint density at radius 1 is 0.837 bits per heavy atom. The number of carbonyl (C=O) groups is 1. The monoisotopic (exact) mass is 609 g/mol. The summed E-state index contributed by atoms with van der Waals surface area (Å²) in [6.07, 6.45) is 14.9. The number of aromatic carboxylic acids is 1. The predicted octanol–water partition coefficient (Wildman–Crippen LogP) is 7.12. The van der Waals surface area contributed by atoms with Crippen molar-refractivity contribution >= 4 is 36.2 Å². The van der Waals surface area contributed by atoms with Gasteiger partial charge in [-0.05, 0) is 71.0 Å². The smallest absolute Gasteiger partial charge is 0.339 e. The second kappa shape index (κ2) is 11.6. The van der Waals surface area contributed by atoms with Crippen LogP contribution in [-0.4, -0.2) is 55.6 Å². The van der Waals surface area contributed by atoms with E-state index >= 15 is 8.78 Å². The molecule has 2 fully saturated rings. The van der Waals surface area contributed by atoms with Crippen molar-refractivity contribution in [3.63, 3.8) is 0 Å². The zero-order chi connectivity index (χ0) is 30.5. The maximum Gasteiger partial charge on any atom is 0.339 e. The highest BCUT2D eigenvalue weighted by molar-refractivity contribution is 6.98. The highest BCUT2D eigenvalue weighted by Crippen LogP contribution is 2.44. The van der Waals surface area contributed by atoms with E-state index in [-0.39, 0.29) is 5.57 Å². The first-order valence-corrected chi connectivity index (χ1v) is 18.4. The molecule has 4 nitrogen and oxygen atoms in total. The Labute approximate surface area is 250 Å². The van der Waals surface area contributed by atoms with Crippen LogP contribution in [0.4, 0.5) is 23.2 Å². The number of halogens is 4. The van der Waals surface area contributed by atoms with Crippen LogP contribution in [0.5, 0.6) is 0 Å². The Balaban J connectivity index is 1.66. The van der Waals surface area contributed by atoms with Crippen molar-refractivity contribution < 1.29 is 32.0 Å². The molecule has 0 aromatic heterocycles. The molecule has 1 N–H and O–H groups in total. The summed E-state index contributed by atoms with van der Waals surface area (Å²) < 4.78 is 62.5. The normalized spacial score (nSPS) is 20.3. The lowest BCUT2D eigenvalue weighted by atomic mass is 9.86. The van der Waals surface area contributed by atoms with Gasteiger partial charge in [-0.15, -0.1) is 0 Å². The molecule has 0 bridgehead atoms. The minimum absolute atomic E-state index is 0.0920. The average molecular weight is 610 g/mol. The Morgan fingerprint density at radius 2 is 1.47 bits per heavy atom. The van der Waals surface area contributed by atoms with Crippen LogP contribution >= 0.6 is 0 Å². The molecule has 0 saturated carbocycles. The third kappa shape index (κ3) is 5.09. The number of carboxylic acid groups (broad SMARTS) is 1. The van der Waals surface area contributed by atoms with E-state index in [9.17, 15) is 18.7 Å². The summed E-state index contributed by atoms with van der Waals surface area (Å²) in [6.45, 7) is 8.08.